The van der Waals surface area contributed by atoms with Crippen molar-refractivity contribution in [3.63, 3.8) is 0 Å². The first-order valence-electron chi connectivity index (χ1n) is 6.67. The Balaban J connectivity index is 2.09. The van der Waals surface area contributed by atoms with E-state index in [-0.39, 0.29) is 6.04 Å². The van der Waals surface area contributed by atoms with Crippen LogP contribution in [-0.4, -0.2) is 6.04 Å². The van der Waals surface area contributed by atoms with Crippen LogP contribution in [0.3, 0.4) is 0 Å². The van der Waals surface area contributed by atoms with E-state index in [1.54, 1.807) is 0 Å². The number of hydrogen-bond acceptors (Lipinski definition) is 2. The number of hydrogen-bond donors (Lipinski definition) is 1. The Labute approximate surface area is 115 Å². The second-order valence-electron chi connectivity index (χ2n) is 5.00. The second kappa shape index (κ2) is 6.39. The van der Waals surface area contributed by atoms with E-state index in [0.717, 1.165) is 12.2 Å². The van der Waals surface area contributed by atoms with Gasteiger partial charge in [-0.3, -0.25) is 0 Å². The summed E-state index contributed by atoms with van der Waals surface area (Å²) in [5, 5.41) is 0. The molecule has 100 valence electrons. The van der Waals surface area contributed by atoms with Gasteiger partial charge in [0, 0.05) is 6.04 Å². The molecule has 0 saturated heterocycles. The van der Waals surface area contributed by atoms with E-state index >= 15 is 0 Å². The second-order valence-corrected chi connectivity index (χ2v) is 5.00. The van der Waals surface area contributed by atoms with Crippen LogP contribution in [0.5, 0.6) is 5.75 Å². The maximum absolute atomic E-state index is 5.95. The molecule has 19 heavy (non-hydrogen) atoms. The quantitative estimate of drug-likeness (QED) is 0.888. The molecule has 2 N–H and O–H groups in total. The first-order chi connectivity index (χ1) is 9.16. The number of para-hydroxylation sites is 1. The van der Waals surface area contributed by atoms with Gasteiger partial charge in [-0.05, 0) is 43.0 Å². The lowest BCUT2D eigenvalue weighted by Gasteiger charge is -2.14. The molecule has 0 aliphatic heterocycles. The highest BCUT2D eigenvalue weighted by atomic mass is 16.5. The molecular weight excluding hydrogens is 234 g/mol. The molecule has 2 nitrogen and oxygen atoms in total. The molecule has 0 heterocycles. The van der Waals surface area contributed by atoms with Crippen molar-refractivity contribution >= 4 is 0 Å². The summed E-state index contributed by atoms with van der Waals surface area (Å²) in [6, 6.07) is 16.5. The van der Waals surface area contributed by atoms with Crippen molar-refractivity contribution < 1.29 is 4.74 Å². The minimum absolute atomic E-state index is 0.142. The van der Waals surface area contributed by atoms with Crippen molar-refractivity contribution in [3.8, 4) is 5.75 Å². The summed E-state index contributed by atoms with van der Waals surface area (Å²) in [7, 11) is 0. The fourth-order valence-corrected chi connectivity index (χ4v) is 2.09. The van der Waals surface area contributed by atoms with Gasteiger partial charge in [0.05, 0.1) is 0 Å². The minimum Gasteiger partial charge on any atom is -0.489 e. The van der Waals surface area contributed by atoms with E-state index in [0.29, 0.717) is 6.61 Å². The Kier molecular flexibility index (Phi) is 4.58. The van der Waals surface area contributed by atoms with Crippen LogP contribution >= 0.6 is 0 Å². The molecule has 0 spiro atoms. The standard InChI is InChI=1S/C17H21NO/c1-13-7-3-4-9-16(13)12-19-17-10-6-5-8-15(17)11-14(2)18/h3-10,14H,11-12,18H2,1-2H3. The predicted octanol–water partition coefficient (Wildman–Crippen LogP) is 3.46. The fourth-order valence-electron chi connectivity index (χ4n) is 2.09. The topological polar surface area (TPSA) is 35.2 Å². The molecular formula is C17H21NO. The lowest BCUT2D eigenvalue weighted by molar-refractivity contribution is 0.301. The van der Waals surface area contributed by atoms with Gasteiger partial charge >= 0.3 is 0 Å². The molecule has 1 unspecified atom stereocenters. The molecule has 0 amide bonds. The van der Waals surface area contributed by atoms with Crippen molar-refractivity contribution in [2.24, 2.45) is 5.73 Å². The van der Waals surface area contributed by atoms with Gasteiger partial charge in [0.25, 0.3) is 0 Å². The number of aryl methyl sites for hydroxylation is 1. The van der Waals surface area contributed by atoms with Gasteiger partial charge in [-0.2, -0.15) is 0 Å². The van der Waals surface area contributed by atoms with E-state index in [4.69, 9.17) is 10.5 Å². The molecule has 0 aromatic heterocycles. The summed E-state index contributed by atoms with van der Waals surface area (Å²) in [5.74, 6) is 0.933. The van der Waals surface area contributed by atoms with Crippen molar-refractivity contribution in [3.05, 3.63) is 65.2 Å². The largest absolute Gasteiger partial charge is 0.489 e. The van der Waals surface area contributed by atoms with Gasteiger partial charge in [0.15, 0.2) is 0 Å². The van der Waals surface area contributed by atoms with Gasteiger partial charge in [0.1, 0.15) is 12.4 Å². The lowest BCUT2D eigenvalue weighted by Crippen LogP contribution is -2.18. The predicted molar refractivity (Wildman–Crippen MR) is 79.3 cm³/mol. The number of ether oxygens (including phenoxy) is 1. The number of nitrogens with two attached hydrogens (primary N) is 1. The van der Waals surface area contributed by atoms with Crippen LogP contribution in [0.1, 0.15) is 23.6 Å². The van der Waals surface area contributed by atoms with Crippen LogP contribution in [0.25, 0.3) is 0 Å². The summed E-state index contributed by atoms with van der Waals surface area (Å²) >= 11 is 0. The van der Waals surface area contributed by atoms with Gasteiger partial charge in [-0.25, -0.2) is 0 Å². The maximum atomic E-state index is 5.95. The van der Waals surface area contributed by atoms with Crippen LogP contribution in [0.2, 0.25) is 0 Å². The molecule has 0 aliphatic carbocycles. The summed E-state index contributed by atoms with van der Waals surface area (Å²) in [5.41, 5.74) is 9.52. The maximum Gasteiger partial charge on any atom is 0.123 e. The van der Waals surface area contributed by atoms with Gasteiger partial charge in [-0.15, -0.1) is 0 Å². The van der Waals surface area contributed by atoms with Crippen LogP contribution in [0.15, 0.2) is 48.5 Å². The Morgan fingerprint density at radius 1 is 1.00 bits per heavy atom. The average molecular weight is 255 g/mol. The molecule has 0 fully saturated rings. The Hall–Kier alpha value is -1.80. The van der Waals surface area contributed by atoms with E-state index < -0.39 is 0 Å². The molecule has 2 aromatic carbocycles. The molecule has 0 aliphatic rings. The van der Waals surface area contributed by atoms with E-state index in [2.05, 4.69) is 25.1 Å². The SMILES string of the molecule is Cc1ccccc1COc1ccccc1CC(C)N. The van der Waals surface area contributed by atoms with Gasteiger partial charge in [-0.1, -0.05) is 42.5 Å². The van der Waals surface area contributed by atoms with E-state index in [1.807, 2.05) is 37.3 Å². The van der Waals surface area contributed by atoms with Gasteiger partial charge in [0.2, 0.25) is 0 Å². The summed E-state index contributed by atoms with van der Waals surface area (Å²) in [4.78, 5) is 0. The van der Waals surface area contributed by atoms with Crippen molar-refractivity contribution in [1.82, 2.24) is 0 Å². The molecule has 1 atom stereocenters. The third-order valence-electron chi connectivity index (χ3n) is 3.16. The first-order valence-corrected chi connectivity index (χ1v) is 6.67. The van der Waals surface area contributed by atoms with Crippen LogP contribution < -0.4 is 10.5 Å². The van der Waals surface area contributed by atoms with E-state index in [1.165, 1.54) is 16.7 Å². The number of benzene rings is 2. The highest BCUT2D eigenvalue weighted by molar-refractivity contribution is 5.34. The van der Waals surface area contributed by atoms with Crippen LogP contribution in [0.4, 0.5) is 0 Å². The third-order valence-corrected chi connectivity index (χ3v) is 3.16. The minimum atomic E-state index is 0.142. The summed E-state index contributed by atoms with van der Waals surface area (Å²) in [6.45, 7) is 4.72. The molecule has 0 radical (unpaired) electrons. The van der Waals surface area contributed by atoms with Crippen molar-refractivity contribution in [2.45, 2.75) is 32.9 Å². The number of rotatable bonds is 5. The highest BCUT2D eigenvalue weighted by Gasteiger charge is 2.06. The zero-order valence-electron chi connectivity index (χ0n) is 11.6. The Morgan fingerprint density at radius 3 is 2.32 bits per heavy atom. The van der Waals surface area contributed by atoms with E-state index in [9.17, 15) is 0 Å². The molecule has 2 rings (SSSR count). The van der Waals surface area contributed by atoms with Crippen molar-refractivity contribution in [1.29, 1.82) is 0 Å². The monoisotopic (exact) mass is 255 g/mol. The Morgan fingerprint density at radius 2 is 1.63 bits per heavy atom. The molecule has 2 heteroatoms. The average Bonchev–Trinajstić information content (AvgIpc) is 2.39. The zero-order chi connectivity index (χ0) is 13.7. The zero-order valence-corrected chi connectivity index (χ0v) is 11.6. The van der Waals surface area contributed by atoms with Crippen molar-refractivity contribution in [2.75, 3.05) is 0 Å². The first kappa shape index (κ1) is 13.6. The fraction of sp³-hybridized carbons (Fsp3) is 0.294. The smallest absolute Gasteiger partial charge is 0.123 e. The third kappa shape index (κ3) is 3.83. The van der Waals surface area contributed by atoms with Gasteiger partial charge < -0.3 is 10.5 Å². The van der Waals surface area contributed by atoms with Crippen LogP contribution in [0, 0.1) is 6.92 Å². The van der Waals surface area contributed by atoms with Crippen LogP contribution in [-0.2, 0) is 13.0 Å². The highest BCUT2D eigenvalue weighted by Crippen LogP contribution is 2.21. The normalized spacial score (nSPS) is 12.2. The summed E-state index contributed by atoms with van der Waals surface area (Å²) in [6.07, 6.45) is 0.837. The molecule has 0 bridgehead atoms. The molecule has 0 saturated carbocycles. The Bertz CT molecular complexity index is 534. The lowest BCUT2D eigenvalue weighted by atomic mass is 10.1. The molecule has 2 aromatic rings. The summed E-state index contributed by atoms with van der Waals surface area (Å²) < 4.78 is 5.95.